The molecule has 0 spiro atoms. The molecular formula is C18H16N2O3S. The summed E-state index contributed by atoms with van der Waals surface area (Å²) in [5, 5.41) is 0. The van der Waals surface area contributed by atoms with E-state index in [2.05, 4.69) is 9.71 Å². The molecule has 0 radical (unpaired) electrons. The third-order valence-corrected chi connectivity index (χ3v) is 5.61. The molecule has 1 aliphatic carbocycles. The number of fused-ring (bicyclic) bond motifs is 1. The molecule has 1 N–H and O–H groups in total. The van der Waals surface area contributed by atoms with Gasteiger partial charge in [-0.2, -0.15) is 0 Å². The molecule has 0 saturated carbocycles. The summed E-state index contributed by atoms with van der Waals surface area (Å²) in [5.41, 5.74) is 3.75. The zero-order valence-electron chi connectivity index (χ0n) is 12.9. The van der Waals surface area contributed by atoms with E-state index < -0.39 is 10.0 Å². The molecule has 0 fully saturated rings. The molecule has 0 amide bonds. The Balaban J connectivity index is 1.57. The van der Waals surface area contributed by atoms with Crippen molar-refractivity contribution in [2.45, 2.75) is 24.2 Å². The van der Waals surface area contributed by atoms with E-state index in [0.717, 1.165) is 30.4 Å². The number of anilines is 1. The second kappa shape index (κ2) is 5.79. The van der Waals surface area contributed by atoms with Crippen molar-refractivity contribution in [3.05, 3.63) is 66.2 Å². The summed E-state index contributed by atoms with van der Waals surface area (Å²) in [6.07, 6.45) is 6.05. The van der Waals surface area contributed by atoms with E-state index in [1.807, 2.05) is 6.07 Å². The van der Waals surface area contributed by atoms with Gasteiger partial charge in [0.05, 0.1) is 11.1 Å². The van der Waals surface area contributed by atoms with E-state index >= 15 is 0 Å². The summed E-state index contributed by atoms with van der Waals surface area (Å²) in [5.74, 6) is 0.642. The Hall–Kier alpha value is -2.60. The monoisotopic (exact) mass is 340 g/mol. The molecule has 6 heteroatoms. The van der Waals surface area contributed by atoms with Crippen molar-refractivity contribution in [3.63, 3.8) is 0 Å². The second-order valence-electron chi connectivity index (χ2n) is 5.83. The van der Waals surface area contributed by atoms with Gasteiger partial charge in [-0.3, -0.25) is 4.72 Å². The number of rotatable bonds is 4. The third-order valence-electron chi connectivity index (χ3n) is 4.23. The Morgan fingerprint density at radius 1 is 1.00 bits per heavy atom. The number of oxazole rings is 1. The topological polar surface area (TPSA) is 72.2 Å². The van der Waals surface area contributed by atoms with Gasteiger partial charge in [0.25, 0.3) is 10.0 Å². The molecule has 0 atom stereocenters. The van der Waals surface area contributed by atoms with Crippen LogP contribution in [0.2, 0.25) is 0 Å². The number of nitrogens with zero attached hydrogens (tertiary/aromatic N) is 1. The molecule has 1 aromatic heterocycles. The molecule has 1 aliphatic rings. The largest absolute Gasteiger partial charge is 0.444 e. The number of hydrogen-bond acceptors (Lipinski definition) is 4. The van der Waals surface area contributed by atoms with Crippen molar-refractivity contribution in [2.24, 2.45) is 0 Å². The fourth-order valence-electron chi connectivity index (χ4n) is 2.99. The van der Waals surface area contributed by atoms with Crippen molar-refractivity contribution >= 4 is 15.7 Å². The minimum atomic E-state index is -3.59. The van der Waals surface area contributed by atoms with Gasteiger partial charge in [0.1, 0.15) is 0 Å². The molecule has 0 saturated heterocycles. The van der Waals surface area contributed by atoms with E-state index in [0.29, 0.717) is 16.3 Å². The standard InChI is InChI=1S/C18H16N2O3S/c21-24(22,17-9-6-13-2-1-3-15(13)10-17)20-16-7-4-14(5-8-16)18-11-19-12-23-18/h4-12,20H,1-3H2. The summed E-state index contributed by atoms with van der Waals surface area (Å²) >= 11 is 0. The van der Waals surface area contributed by atoms with Gasteiger partial charge in [0.2, 0.25) is 0 Å². The first-order valence-corrected chi connectivity index (χ1v) is 9.24. The number of aromatic nitrogens is 1. The first-order valence-electron chi connectivity index (χ1n) is 7.75. The van der Waals surface area contributed by atoms with Gasteiger partial charge >= 0.3 is 0 Å². The minimum absolute atomic E-state index is 0.308. The Bertz CT molecular complexity index is 962. The fourth-order valence-corrected chi connectivity index (χ4v) is 4.10. The third kappa shape index (κ3) is 2.80. The van der Waals surface area contributed by atoms with Crippen LogP contribution in [0.15, 0.2) is 64.4 Å². The zero-order chi connectivity index (χ0) is 16.6. The molecule has 3 aromatic rings. The van der Waals surface area contributed by atoms with Gasteiger partial charge in [0, 0.05) is 11.3 Å². The van der Waals surface area contributed by atoms with Gasteiger partial charge in [-0.1, -0.05) is 6.07 Å². The average molecular weight is 340 g/mol. The van der Waals surface area contributed by atoms with Gasteiger partial charge < -0.3 is 4.42 Å². The van der Waals surface area contributed by atoms with Crippen LogP contribution in [-0.2, 0) is 22.9 Å². The summed E-state index contributed by atoms with van der Waals surface area (Å²) in [6.45, 7) is 0. The number of nitrogens with one attached hydrogen (secondary N) is 1. The molecule has 24 heavy (non-hydrogen) atoms. The second-order valence-corrected chi connectivity index (χ2v) is 7.52. The molecule has 122 valence electrons. The van der Waals surface area contributed by atoms with E-state index in [-0.39, 0.29) is 0 Å². The maximum Gasteiger partial charge on any atom is 0.261 e. The lowest BCUT2D eigenvalue weighted by Crippen LogP contribution is -2.13. The van der Waals surface area contributed by atoms with Crippen LogP contribution in [0.3, 0.4) is 0 Å². The average Bonchev–Trinajstić information content (AvgIpc) is 3.26. The molecular weight excluding hydrogens is 324 g/mol. The molecule has 5 nitrogen and oxygen atoms in total. The number of benzene rings is 2. The normalized spacial score (nSPS) is 13.7. The molecule has 1 heterocycles. The maximum atomic E-state index is 12.6. The highest BCUT2D eigenvalue weighted by atomic mass is 32.2. The quantitative estimate of drug-likeness (QED) is 0.787. The Kier molecular flexibility index (Phi) is 3.61. The van der Waals surface area contributed by atoms with Crippen LogP contribution in [0.1, 0.15) is 17.5 Å². The lowest BCUT2D eigenvalue weighted by atomic mass is 10.1. The van der Waals surface area contributed by atoms with Gasteiger partial charge in [-0.15, -0.1) is 0 Å². The molecule has 4 rings (SSSR count). The Labute approximate surface area is 140 Å². The van der Waals surface area contributed by atoms with Crippen LogP contribution in [0.4, 0.5) is 5.69 Å². The van der Waals surface area contributed by atoms with Crippen molar-refractivity contribution in [1.29, 1.82) is 0 Å². The molecule has 0 unspecified atom stereocenters. The van der Waals surface area contributed by atoms with Gasteiger partial charge in [-0.05, 0) is 66.8 Å². The number of aryl methyl sites for hydroxylation is 2. The first kappa shape index (κ1) is 15.0. The Morgan fingerprint density at radius 3 is 2.54 bits per heavy atom. The summed E-state index contributed by atoms with van der Waals surface area (Å²) in [6, 6.07) is 12.4. The van der Waals surface area contributed by atoms with Crippen LogP contribution in [0, 0.1) is 0 Å². The van der Waals surface area contributed by atoms with Crippen LogP contribution in [0.5, 0.6) is 0 Å². The van der Waals surface area contributed by atoms with Crippen molar-refractivity contribution in [2.75, 3.05) is 4.72 Å². The Morgan fingerprint density at radius 2 is 1.79 bits per heavy atom. The zero-order valence-corrected chi connectivity index (χ0v) is 13.7. The maximum absolute atomic E-state index is 12.6. The SMILES string of the molecule is O=S(=O)(Nc1ccc(-c2cnco2)cc1)c1ccc2c(c1)CCC2. The lowest BCUT2D eigenvalue weighted by molar-refractivity contribution is 0.572. The smallest absolute Gasteiger partial charge is 0.261 e. The fraction of sp³-hybridized carbons (Fsp3) is 0.167. The highest BCUT2D eigenvalue weighted by molar-refractivity contribution is 7.92. The predicted molar refractivity (Wildman–Crippen MR) is 91.2 cm³/mol. The summed E-state index contributed by atoms with van der Waals surface area (Å²) < 4.78 is 33.0. The van der Waals surface area contributed by atoms with E-state index in [9.17, 15) is 8.42 Å². The predicted octanol–water partition coefficient (Wildman–Crippen LogP) is 3.63. The first-order chi connectivity index (χ1) is 11.6. The number of sulfonamides is 1. The van der Waals surface area contributed by atoms with Crippen LogP contribution >= 0.6 is 0 Å². The number of hydrogen-bond donors (Lipinski definition) is 1. The summed E-state index contributed by atoms with van der Waals surface area (Å²) in [7, 11) is -3.59. The summed E-state index contributed by atoms with van der Waals surface area (Å²) in [4.78, 5) is 4.18. The van der Waals surface area contributed by atoms with E-state index in [1.54, 1.807) is 42.6 Å². The van der Waals surface area contributed by atoms with Gasteiger partial charge in [0.15, 0.2) is 12.2 Å². The lowest BCUT2D eigenvalue weighted by Gasteiger charge is -2.10. The van der Waals surface area contributed by atoms with Crippen LogP contribution < -0.4 is 4.72 Å². The highest BCUT2D eigenvalue weighted by Gasteiger charge is 2.18. The molecule has 2 aromatic carbocycles. The van der Waals surface area contributed by atoms with Crippen molar-refractivity contribution in [3.8, 4) is 11.3 Å². The van der Waals surface area contributed by atoms with E-state index in [1.165, 1.54) is 12.0 Å². The van der Waals surface area contributed by atoms with Crippen molar-refractivity contribution < 1.29 is 12.8 Å². The van der Waals surface area contributed by atoms with Crippen molar-refractivity contribution in [1.82, 2.24) is 4.98 Å². The molecule has 0 bridgehead atoms. The minimum Gasteiger partial charge on any atom is -0.444 e. The van der Waals surface area contributed by atoms with Crippen LogP contribution in [0.25, 0.3) is 11.3 Å². The molecule has 0 aliphatic heterocycles. The van der Waals surface area contributed by atoms with E-state index in [4.69, 9.17) is 4.42 Å². The van der Waals surface area contributed by atoms with Gasteiger partial charge in [-0.25, -0.2) is 13.4 Å². The van der Waals surface area contributed by atoms with Crippen LogP contribution in [-0.4, -0.2) is 13.4 Å². The highest BCUT2D eigenvalue weighted by Crippen LogP contribution is 2.26.